The second kappa shape index (κ2) is 6.05. The van der Waals surface area contributed by atoms with Crippen LogP contribution in [-0.4, -0.2) is 41.6 Å². The van der Waals surface area contributed by atoms with E-state index in [4.69, 9.17) is 19.2 Å². The lowest BCUT2D eigenvalue weighted by Gasteiger charge is -2.18. The van der Waals surface area contributed by atoms with E-state index >= 15 is 0 Å². The fourth-order valence-electron chi connectivity index (χ4n) is 2.97. The molecule has 3 aromatic rings. The number of imidazole rings is 1. The van der Waals surface area contributed by atoms with E-state index in [1.165, 1.54) is 0 Å². The van der Waals surface area contributed by atoms with Crippen LogP contribution in [0.1, 0.15) is 0 Å². The van der Waals surface area contributed by atoms with E-state index in [0.717, 1.165) is 28.2 Å². The summed E-state index contributed by atoms with van der Waals surface area (Å²) in [5.41, 5.74) is 2.65. The summed E-state index contributed by atoms with van der Waals surface area (Å²) < 4.78 is 18.6. The maximum absolute atomic E-state index is 9.48. The number of ether oxygens (including phenoxy) is 3. The molecule has 124 valence electrons. The van der Waals surface area contributed by atoms with Gasteiger partial charge in [-0.15, -0.1) is 0 Å². The van der Waals surface area contributed by atoms with Crippen LogP contribution < -0.4 is 14.2 Å². The number of aromatic nitrogens is 2. The predicted octanol–water partition coefficient (Wildman–Crippen LogP) is 2.48. The molecule has 0 spiro atoms. The van der Waals surface area contributed by atoms with Gasteiger partial charge in [0, 0.05) is 24.2 Å². The average molecular weight is 326 g/mol. The number of hydrogen-bond donors (Lipinski definition) is 1. The summed E-state index contributed by atoms with van der Waals surface area (Å²) in [7, 11) is 1.64. The van der Waals surface area contributed by atoms with Crippen molar-refractivity contribution in [3.8, 4) is 28.6 Å². The normalized spacial score (nSPS) is 13.2. The van der Waals surface area contributed by atoms with Crippen LogP contribution in [0.25, 0.3) is 22.4 Å². The Bertz CT molecular complexity index is 888. The molecule has 0 radical (unpaired) electrons. The number of hydrogen-bond acceptors (Lipinski definition) is 5. The van der Waals surface area contributed by atoms with Crippen LogP contribution in [0, 0.1) is 0 Å². The largest absolute Gasteiger partial charge is 0.497 e. The number of aliphatic hydroxyl groups excluding tert-OH is 1. The standard InChI is InChI=1S/C18H18N2O4/c1-22-13-4-2-3-12(9-13)18-19-14-10-16-17(24-8-7-23-16)11-15(14)20(18)5-6-21/h2-4,9-11,21H,5-8H2,1H3. The molecule has 24 heavy (non-hydrogen) atoms. The SMILES string of the molecule is COc1cccc(-c2nc3cc4c(cc3n2CCO)OCCO4)c1. The van der Waals surface area contributed by atoms with Crippen molar-refractivity contribution in [3.05, 3.63) is 36.4 Å². The topological polar surface area (TPSA) is 65.7 Å². The van der Waals surface area contributed by atoms with Crippen molar-refractivity contribution in [2.75, 3.05) is 26.9 Å². The van der Waals surface area contributed by atoms with Crippen LogP contribution in [0.2, 0.25) is 0 Å². The van der Waals surface area contributed by atoms with Gasteiger partial charge in [0.2, 0.25) is 0 Å². The van der Waals surface area contributed by atoms with E-state index in [1.54, 1.807) is 7.11 Å². The molecule has 6 heteroatoms. The Balaban J connectivity index is 1.92. The third-order valence-corrected chi connectivity index (χ3v) is 4.06. The van der Waals surface area contributed by atoms with E-state index in [1.807, 2.05) is 41.0 Å². The number of methoxy groups -OCH3 is 1. The molecule has 1 aromatic heterocycles. The van der Waals surface area contributed by atoms with Crippen molar-refractivity contribution in [2.45, 2.75) is 6.54 Å². The zero-order valence-electron chi connectivity index (χ0n) is 13.4. The van der Waals surface area contributed by atoms with E-state index in [9.17, 15) is 5.11 Å². The molecule has 0 bridgehead atoms. The fourth-order valence-corrected chi connectivity index (χ4v) is 2.97. The van der Waals surface area contributed by atoms with Gasteiger partial charge >= 0.3 is 0 Å². The van der Waals surface area contributed by atoms with Crippen LogP contribution in [0.15, 0.2) is 36.4 Å². The Kier molecular flexibility index (Phi) is 3.74. The van der Waals surface area contributed by atoms with Gasteiger partial charge in [0.1, 0.15) is 24.8 Å². The number of rotatable bonds is 4. The lowest BCUT2D eigenvalue weighted by molar-refractivity contribution is 0.172. The summed E-state index contributed by atoms with van der Waals surface area (Å²) >= 11 is 0. The van der Waals surface area contributed by atoms with Gasteiger partial charge in [-0.25, -0.2) is 4.98 Å². The first-order valence-corrected chi connectivity index (χ1v) is 7.85. The highest BCUT2D eigenvalue weighted by molar-refractivity contribution is 5.84. The molecule has 0 atom stereocenters. The van der Waals surface area contributed by atoms with Gasteiger partial charge in [-0.05, 0) is 12.1 Å². The summed E-state index contributed by atoms with van der Waals surface area (Å²) in [6.45, 7) is 1.55. The van der Waals surface area contributed by atoms with E-state index in [2.05, 4.69) is 0 Å². The molecular formula is C18H18N2O4. The van der Waals surface area contributed by atoms with Crippen LogP contribution in [-0.2, 0) is 6.54 Å². The lowest BCUT2D eigenvalue weighted by atomic mass is 10.2. The van der Waals surface area contributed by atoms with Crippen LogP contribution in [0.4, 0.5) is 0 Å². The molecule has 2 heterocycles. The second-order valence-electron chi connectivity index (χ2n) is 5.53. The molecular weight excluding hydrogens is 308 g/mol. The molecule has 2 aromatic carbocycles. The highest BCUT2D eigenvalue weighted by Gasteiger charge is 2.19. The van der Waals surface area contributed by atoms with Crippen LogP contribution in [0.5, 0.6) is 17.2 Å². The number of nitrogens with zero attached hydrogens (tertiary/aromatic N) is 2. The molecule has 0 unspecified atom stereocenters. The smallest absolute Gasteiger partial charge is 0.163 e. The van der Waals surface area contributed by atoms with Gasteiger partial charge < -0.3 is 23.9 Å². The monoisotopic (exact) mass is 326 g/mol. The molecule has 4 rings (SSSR count). The molecule has 6 nitrogen and oxygen atoms in total. The first kappa shape index (κ1) is 14.8. The van der Waals surface area contributed by atoms with Gasteiger partial charge in [-0.2, -0.15) is 0 Å². The van der Waals surface area contributed by atoms with Crippen molar-refractivity contribution in [3.63, 3.8) is 0 Å². The van der Waals surface area contributed by atoms with Gasteiger partial charge in [0.15, 0.2) is 11.5 Å². The first-order valence-electron chi connectivity index (χ1n) is 7.85. The van der Waals surface area contributed by atoms with Crippen molar-refractivity contribution in [1.29, 1.82) is 0 Å². The zero-order valence-corrected chi connectivity index (χ0v) is 13.4. The summed E-state index contributed by atoms with van der Waals surface area (Å²) in [5, 5.41) is 9.48. The van der Waals surface area contributed by atoms with Gasteiger partial charge in [-0.3, -0.25) is 0 Å². The van der Waals surface area contributed by atoms with Gasteiger partial charge in [0.05, 0.1) is 24.8 Å². The maximum atomic E-state index is 9.48. The molecule has 0 saturated carbocycles. The minimum absolute atomic E-state index is 0.0247. The summed E-state index contributed by atoms with van der Waals surface area (Å²) in [6, 6.07) is 11.5. The number of aliphatic hydroxyl groups is 1. The lowest BCUT2D eigenvalue weighted by Crippen LogP contribution is -2.15. The highest BCUT2D eigenvalue weighted by Crippen LogP contribution is 2.36. The van der Waals surface area contributed by atoms with Crippen molar-refractivity contribution in [1.82, 2.24) is 9.55 Å². The average Bonchev–Trinajstić information content (AvgIpc) is 2.98. The molecule has 1 aliphatic heterocycles. The van der Waals surface area contributed by atoms with E-state index < -0.39 is 0 Å². The Labute approximate surface area is 139 Å². The molecule has 1 aliphatic rings. The fraction of sp³-hybridized carbons (Fsp3) is 0.278. The Morgan fingerprint density at radius 3 is 2.71 bits per heavy atom. The van der Waals surface area contributed by atoms with Crippen molar-refractivity contribution >= 4 is 11.0 Å². The van der Waals surface area contributed by atoms with E-state index in [-0.39, 0.29) is 6.61 Å². The number of benzene rings is 2. The first-order chi connectivity index (χ1) is 11.8. The third kappa shape index (κ3) is 2.45. The van der Waals surface area contributed by atoms with Crippen LogP contribution in [0.3, 0.4) is 0 Å². The maximum Gasteiger partial charge on any atom is 0.163 e. The molecule has 0 saturated heterocycles. The van der Waals surface area contributed by atoms with Gasteiger partial charge in [-0.1, -0.05) is 12.1 Å². The molecule has 0 fully saturated rings. The van der Waals surface area contributed by atoms with E-state index in [0.29, 0.717) is 31.3 Å². The quantitative estimate of drug-likeness (QED) is 0.798. The minimum Gasteiger partial charge on any atom is -0.497 e. The van der Waals surface area contributed by atoms with Gasteiger partial charge in [0.25, 0.3) is 0 Å². The predicted molar refractivity (Wildman–Crippen MR) is 89.8 cm³/mol. The highest BCUT2D eigenvalue weighted by atomic mass is 16.6. The van der Waals surface area contributed by atoms with Crippen molar-refractivity contribution in [2.24, 2.45) is 0 Å². The second-order valence-corrected chi connectivity index (χ2v) is 5.53. The number of fused-ring (bicyclic) bond motifs is 2. The summed E-state index contributed by atoms with van der Waals surface area (Å²) in [4.78, 5) is 4.75. The summed E-state index contributed by atoms with van der Waals surface area (Å²) in [5.74, 6) is 2.96. The molecule has 0 aliphatic carbocycles. The van der Waals surface area contributed by atoms with Crippen molar-refractivity contribution < 1.29 is 19.3 Å². The Hall–Kier alpha value is -2.73. The third-order valence-electron chi connectivity index (χ3n) is 4.06. The Morgan fingerprint density at radius 2 is 1.96 bits per heavy atom. The minimum atomic E-state index is 0.0247. The summed E-state index contributed by atoms with van der Waals surface area (Å²) in [6.07, 6.45) is 0. The molecule has 0 amide bonds. The Morgan fingerprint density at radius 1 is 1.17 bits per heavy atom. The zero-order chi connectivity index (χ0) is 16.5. The molecule has 1 N–H and O–H groups in total. The van der Waals surface area contributed by atoms with Crippen LogP contribution >= 0.6 is 0 Å².